The number of hydrogen-bond donors (Lipinski definition) is 1. The molecule has 0 unspecified atom stereocenters. The molecule has 1 fully saturated rings. The second-order valence-electron chi connectivity index (χ2n) is 6.87. The number of aryl methyl sites for hydroxylation is 1. The quantitative estimate of drug-likeness (QED) is 0.908. The molecule has 0 radical (unpaired) electrons. The fourth-order valence-corrected chi connectivity index (χ4v) is 3.25. The molecule has 1 aliphatic rings. The summed E-state index contributed by atoms with van der Waals surface area (Å²) in [6, 6.07) is 4.47. The number of likely N-dealkylation sites (tertiary alicyclic amines) is 1. The first-order valence-corrected chi connectivity index (χ1v) is 8.73. The maximum absolute atomic E-state index is 14.0. The Morgan fingerprint density at radius 1 is 1.16 bits per heavy atom. The molecular weight excluding hydrogens is 322 g/mol. The van der Waals surface area contributed by atoms with Gasteiger partial charge < -0.3 is 10.2 Å². The van der Waals surface area contributed by atoms with Gasteiger partial charge in [0.1, 0.15) is 11.6 Å². The summed E-state index contributed by atoms with van der Waals surface area (Å²) in [5.41, 5.74) is 1.57. The topological polar surface area (TPSA) is 41.1 Å². The zero-order valence-corrected chi connectivity index (χ0v) is 14.9. The summed E-state index contributed by atoms with van der Waals surface area (Å²) in [6.45, 7) is 8.37. The van der Waals surface area contributed by atoms with E-state index < -0.39 is 11.6 Å². The zero-order valence-electron chi connectivity index (χ0n) is 14.9. The van der Waals surface area contributed by atoms with Crippen LogP contribution in [0.4, 0.5) is 14.7 Å². The van der Waals surface area contributed by atoms with Crippen LogP contribution in [0.25, 0.3) is 11.1 Å². The molecule has 0 saturated carbocycles. The van der Waals surface area contributed by atoms with Crippen molar-refractivity contribution in [3.8, 4) is 11.1 Å². The Kier molecular flexibility index (Phi) is 5.27. The van der Waals surface area contributed by atoms with Gasteiger partial charge >= 0.3 is 0 Å². The number of anilines is 1. The van der Waals surface area contributed by atoms with E-state index in [0.29, 0.717) is 34.9 Å². The lowest BCUT2D eigenvalue weighted by atomic mass is 10.0. The first-order chi connectivity index (χ1) is 11.9. The number of nitrogens with one attached hydrogen (secondary N) is 1. The Labute approximate surface area is 147 Å². The molecule has 2 aromatic rings. The first-order valence-electron chi connectivity index (χ1n) is 8.73. The van der Waals surface area contributed by atoms with Gasteiger partial charge in [-0.2, -0.15) is 0 Å². The van der Waals surface area contributed by atoms with E-state index >= 15 is 0 Å². The lowest BCUT2D eigenvalue weighted by molar-refractivity contribution is 0.177. The van der Waals surface area contributed by atoms with Crippen molar-refractivity contribution in [3.63, 3.8) is 0 Å². The van der Waals surface area contributed by atoms with E-state index in [0.717, 1.165) is 32.0 Å². The molecule has 0 aliphatic carbocycles. The Hall–Kier alpha value is -2.08. The molecule has 4 nitrogen and oxygen atoms in total. The lowest BCUT2D eigenvalue weighted by Crippen LogP contribution is -2.42. The minimum absolute atomic E-state index is 0.315. The Morgan fingerprint density at radius 3 is 2.48 bits per heavy atom. The first kappa shape index (κ1) is 17.7. The van der Waals surface area contributed by atoms with Gasteiger partial charge in [0.05, 0.1) is 5.69 Å². The molecule has 1 saturated heterocycles. The van der Waals surface area contributed by atoms with E-state index in [1.54, 1.807) is 6.20 Å². The van der Waals surface area contributed by atoms with E-state index in [1.807, 2.05) is 6.92 Å². The minimum atomic E-state index is -0.603. The predicted molar refractivity (Wildman–Crippen MR) is 95.5 cm³/mol. The van der Waals surface area contributed by atoms with E-state index in [2.05, 4.69) is 34.0 Å². The van der Waals surface area contributed by atoms with Gasteiger partial charge in [-0.25, -0.2) is 18.7 Å². The van der Waals surface area contributed by atoms with Crippen LogP contribution in [0.2, 0.25) is 0 Å². The summed E-state index contributed by atoms with van der Waals surface area (Å²) < 4.78 is 27.1. The molecular formula is C19H24F2N4. The van der Waals surface area contributed by atoms with E-state index in [-0.39, 0.29) is 0 Å². The molecule has 134 valence electrons. The minimum Gasteiger partial charge on any atom is -0.351 e. The molecule has 6 heteroatoms. The summed E-state index contributed by atoms with van der Waals surface area (Å²) in [5.74, 6) is -0.633. The van der Waals surface area contributed by atoms with Gasteiger partial charge in [-0.05, 0) is 45.7 Å². The van der Waals surface area contributed by atoms with Crippen molar-refractivity contribution in [2.75, 3.05) is 18.4 Å². The third-order valence-electron chi connectivity index (χ3n) is 4.79. The average molecular weight is 346 g/mol. The third kappa shape index (κ3) is 4.12. The number of halogens is 2. The molecule has 0 amide bonds. The summed E-state index contributed by atoms with van der Waals surface area (Å²) in [5, 5.41) is 3.38. The van der Waals surface area contributed by atoms with Gasteiger partial charge in [0, 0.05) is 48.6 Å². The molecule has 0 atom stereocenters. The molecule has 2 heterocycles. The zero-order chi connectivity index (χ0) is 18.0. The fraction of sp³-hybridized carbons (Fsp3) is 0.474. The fourth-order valence-electron chi connectivity index (χ4n) is 3.25. The average Bonchev–Trinajstić information content (AvgIpc) is 2.56. The van der Waals surface area contributed by atoms with Crippen molar-refractivity contribution in [2.45, 2.75) is 45.7 Å². The second-order valence-corrected chi connectivity index (χ2v) is 6.87. The van der Waals surface area contributed by atoms with Crippen LogP contribution >= 0.6 is 0 Å². The van der Waals surface area contributed by atoms with Crippen LogP contribution in [0.5, 0.6) is 0 Å². The van der Waals surface area contributed by atoms with Crippen molar-refractivity contribution in [2.24, 2.45) is 0 Å². The number of benzene rings is 1. The number of piperidine rings is 1. The van der Waals surface area contributed by atoms with Crippen LogP contribution in [-0.2, 0) is 0 Å². The molecule has 1 aliphatic heterocycles. The standard InChI is InChI=1S/C19H24F2N4/c1-12(2)25-8-6-15(7-9-25)24-19-22-11-17(13(3)23-19)16-5-4-14(20)10-18(16)21/h4-5,10-12,15H,6-9H2,1-3H3,(H,22,23,24). The highest BCUT2D eigenvalue weighted by molar-refractivity contribution is 5.66. The number of rotatable bonds is 4. The number of hydrogen-bond acceptors (Lipinski definition) is 4. The van der Waals surface area contributed by atoms with Crippen molar-refractivity contribution in [3.05, 3.63) is 41.7 Å². The molecule has 1 N–H and O–H groups in total. The molecule has 25 heavy (non-hydrogen) atoms. The molecule has 3 rings (SSSR count). The lowest BCUT2D eigenvalue weighted by Gasteiger charge is -2.34. The second kappa shape index (κ2) is 7.44. The molecule has 0 bridgehead atoms. The van der Waals surface area contributed by atoms with Crippen LogP contribution in [0.1, 0.15) is 32.4 Å². The van der Waals surface area contributed by atoms with Gasteiger partial charge in [0.2, 0.25) is 5.95 Å². The van der Waals surface area contributed by atoms with E-state index in [4.69, 9.17) is 0 Å². The van der Waals surface area contributed by atoms with Gasteiger partial charge in [-0.1, -0.05) is 0 Å². The molecule has 1 aromatic carbocycles. The Morgan fingerprint density at radius 2 is 1.88 bits per heavy atom. The Bertz CT molecular complexity index is 740. The van der Waals surface area contributed by atoms with Crippen molar-refractivity contribution in [1.82, 2.24) is 14.9 Å². The predicted octanol–water partition coefficient (Wildman–Crippen LogP) is 4.01. The monoisotopic (exact) mass is 346 g/mol. The Balaban J connectivity index is 1.70. The highest BCUT2D eigenvalue weighted by atomic mass is 19.1. The summed E-state index contributed by atoms with van der Waals surface area (Å²) in [6.07, 6.45) is 3.70. The summed E-state index contributed by atoms with van der Waals surface area (Å²) in [7, 11) is 0. The molecule has 1 aromatic heterocycles. The van der Waals surface area contributed by atoms with Crippen LogP contribution in [0, 0.1) is 18.6 Å². The SMILES string of the molecule is Cc1nc(NC2CCN(C(C)C)CC2)ncc1-c1ccc(F)cc1F. The number of nitrogens with zero attached hydrogens (tertiary/aromatic N) is 3. The van der Waals surface area contributed by atoms with Crippen molar-refractivity contribution < 1.29 is 8.78 Å². The normalized spacial score (nSPS) is 16.4. The third-order valence-corrected chi connectivity index (χ3v) is 4.79. The number of aromatic nitrogens is 2. The smallest absolute Gasteiger partial charge is 0.223 e. The maximum Gasteiger partial charge on any atom is 0.223 e. The highest BCUT2D eigenvalue weighted by Crippen LogP contribution is 2.26. The van der Waals surface area contributed by atoms with E-state index in [9.17, 15) is 8.78 Å². The summed E-state index contributed by atoms with van der Waals surface area (Å²) >= 11 is 0. The van der Waals surface area contributed by atoms with Gasteiger partial charge in [-0.15, -0.1) is 0 Å². The molecule has 0 spiro atoms. The maximum atomic E-state index is 14.0. The highest BCUT2D eigenvalue weighted by Gasteiger charge is 2.21. The van der Waals surface area contributed by atoms with Crippen molar-refractivity contribution >= 4 is 5.95 Å². The van der Waals surface area contributed by atoms with E-state index in [1.165, 1.54) is 12.1 Å². The van der Waals surface area contributed by atoms with Crippen LogP contribution < -0.4 is 5.32 Å². The summed E-state index contributed by atoms with van der Waals surface area (Å²) in [4.78, 5) is 11.3. The van der Waals surface area contributed by atoms with Gasteiger partial charge in [-0.3, -0.25) is 0 Å². The largest absolute Gasteiger partial charge is 0.351 e. The van der Waals surface area contributed by atoms with Gasteiger partial charge in [0.25, 0.3) is 0 Å². The van der Waals surface area contributed by atoms with Crippen molar-refractivity contribution in [1.29, 1.82) is 0 Å². The van der Waals surface area contributed by atoms with Crippen LogP contribution in [0.15, 0.2) is 24.4 Å². The van der Waals surface area contributed by atoms with Crippen LogP contribution in [-0.4, -0.2) is 40.0 Å². The van der Waals surface area contributed by atoms with Gasteiger partial charge in [0.15, 0.2) is 0 Å². The van der Waals surface area contributed by atoms with Crippen LogP contribution in [0.3, 0.4) is 0 Å².